The Balaban J connectivity index is 1.59. The van der Waals surface area contributed by atoms with Crippen LogP contribution in [0, 0.1) is 0 Å². The lowest BCUT2D eigenvalue weighted by Gasteiger charge is -2.07. The minimum atomic E-state index is 0.283. The molecule has 18 heavy (non-hydrogen) atoms. The minimum Gasteiger partial charge on any atom is -0.491 e. The van der Waals surface area contributed by atoms with Crippen molar-refractivity contribution in [3.8, 4) is 17.2 Å². The van der Waals surface area contributed by atoms with Gasteiger partial charge in [0.1, 0.15) is 30.0 Å². The Morgan fingerprint density at radius 2 is 1.50 bits per heavy atom. The van der Waals surface area contributed by atoms with E-state index >= 15 is 0 Å². The molecule has 2 aromatic carbocycles. The Kier molecular flexibility index (Phi) is 3.15. The van der Waals surface area contributed by atoms with Crippen molar-refractivity contribution >= 4 is 0 Å². The van der Waals surface area contributed by atoms with Gasteiger partial charge in [0.05, 0.1) is 6.61 Å². The summed E-state index contributed by atoms with van der Waals surface area (Å²) in [5, 5.41) is 0. The Hall–Kier alpha value is -2.00. The lowest BCUT2D eigenvalue weighted by molar-refractivity contribution is 0.263. The van der Waals surface area contributed by atoms with E-state index in [-0.39, 0.29) is 6.10 Å². The largest absolute Gasteiger partial charge is 0.491 e. The number of hydrogen-bond donors (Lipinski definition) is 0. The number of ether oxygens (including phenoxy) is 3. The van der Waals surface area contributed by atoms with Crippen molar-refractivity contribution in [2.75, 3.05) is 13.2 Å². The fraction of sp³-hybridized carbons (Fsp3) is 0.200. The topological polar surface area (TPSA) is 31.0 Å². The van der Waals surface area contributed by atoms with E-state index in [0.29, 0.717) is 6.61 Å². The van der Waals surface area contributed by atoms with Crippen molar-refractivity contribution < 1.29 is 14.2 Å². The van der Waals surface area contributed by atoms with Gasteiger partial charge in [-0.15, -0.1) is 0 Å². The Labute approximate surface area is 106 Å². The number of hydrogen-bond acceptors (Lipinski definition) is 3. The van der Waals surface area contributed by atoms with Gasteiger partial charge in [-0.1, -0.05) is 18.2 Å². The zero-order valence-corrected chi connectivity index (χ0v) is 9.91. The molecule has 2 aromatic rings. The SMILES string of the molecule is c1ccc(Oc2ccc(OC[C@@H]3CO3)cc2)cc1. The van der Waals surface area contributed by atoms with Crippen molar-refractivity contribution in [3.05, 3.63) is 54.6 Å². The first-order valence-corrected chi connectivity index (χ1v) is 5.97. The van der Waals surface area contributed by atoms with Gasteiger partial charge >= 0.3 is 0 Å². The second-order valence-electron chi connectivity index (χ2n) is 4.15. The molecule has 1 aliphatic rings. The van der Waals surface area contributed by atoms with Gasteiger partial charge in [0, 0.05) is 0 Å². The molecule has 3 nitrogen and oxygen atoms in total. The average molecular weight is 242 g/mol. The molecule has 1 fully saturated rings. The Bertz CT molecular complexity index is 489. The average Bonchev–Trinajstić information content (AvgIpc) is 3.23. The van der Waals surface area contributed by atoms with E-state index in [9.17, 15) is 0 Å². The smallest absolute Gasteiger partial charge is 0.127 e. The molecule has 0 saturated carbocycles. The minimum absolute atomic E-state index is 0.283. The van der Waals surface area contributed by atoms with Crippen LogP contribution in [0.1, 0.15) is 0 Å². The molecule has 0 bridgehead atoms. The second-order valence-corrected chi connectivity index (χ2v) is 4.15. The molecule has 0 unspecified atom stereocenters. The van der Waals surface area contributed by atoms with E-state index in [4.69, 9.17) is 14.2 Å². The zero-order chi connectivity index (χ0) is 12.2. The lowest BCUT2D eigenvalue weighted by atomic mass is 10.3. The van der Waals surface area contributed by atoms with Gasteiger partial charge in [-0.25, -0.2) is 0 Å². The number of benzene rings is 2. The maximum atomic E-state index is 5.69. The van der Waals surface area contributed by atoms with E-state index < -0.39 is 0 Å². The lowest BCUT2D eigenvalue weighted by Crippen LogP contribution is -2.03. The van der Waals surface area contributed by atoms with Crippen molar-refractivity contribution in [1.29, 1.82) is 0 Å². The molecule has 3 heteroatoms. The van der Waals surface area contributed by atoms with Crippen LogP contribution in [0.25, 0.3) is 0 Å². The van der Waals surface area contributed by atoms with Crippen LogP contribution in [-0.2, 0) is 4.74 Å². The third-order valence-corrected chi connectivity index (χ3v) is 2.64. The highest BCUT2D eigenvalue weighted by atomic mass is 16.6. The summed E-state index contributed by atoms with van der Waals surface area (Å²) in [6, 6.07) is 17.3. The summed E-state index contributed by atoms with van der Waals surface area (Å²) in [6.07, 6.45) is 0.283. The Morgan fingerprint density at radius 1 is 0.889 bits per heavy atom. The van der Waals surface area contributed by atoms with Crippen LogP contribution >= 0.6 is 0 Å². The van der Waals surface area contributed by atoms with Crippen molar-refractivity contribution in [3.63, 3.8) is 0 Å². The molecule has 3 rings (SSSR count). The fourth-order valence-corrected chi connectivity index (χ4v) is 1.58. The van der Waals surface area contributed by atoms with Crippen molar-refractivity contribution in [2.24, 2.45) is 0 Å². The van der Waals surface area contributed by atoms with Crippen molar-refractivity contribution in [2.45, 2.75) is 6.10 Å². The number of epoxide rings is 1. The summed E-state index contributed by atoms with van der Waals surface area (Å²) in [6.45, 7) is 1.44. The Morgan fingerprint density at radius 3 is 2.17 bits per heavy atom. The first kappa shape index (κ1) is 11.1. The van der Waals surface area contributed by atoms with Crippen LogP contribution < -0.4 is 9.47 Å². The molecule has 0 aromatic heterocycles. The van der Waals surface area contributed by atoms with Gasteiger partial charge in [-0.05, 0) is 36.4 Å². The standard InChI is InChI=1S/C15H14O3/c1-2-4-13(5-3-1)18-14-8-6-12(7-9-14)16-10-15-11-17-15/h1-9,15H,10-11H2/t15-/m1/s1. The molecule has 0 N–H and O–H groups in total. The van der Waals surface area contributed by atoms with Crippen LogP contribution in [0.2, 0.25) is 0 Å². The van der Waals surface area contributed by atoms with Crippen LogP contribution in [0.15, 0.2) is 54.6 Å². The quantitative estimate of drug-likeness (QED) is 0.754. The second kappa shape index (κ2) is 5.10. The molecule has 0 aliphatic carbocycles. The molecule has 1 saturated heterocycles. The molecule has 0 spiro atoms. The summed E-state index contributed by atoms with van der Waals surface area (Å²) in [4.78, 5) is 0. The van der Waals surface area contributed by atoms with Crippen LogP contribution in [-0.4, -0.2) is 19.3 Å². The molecule has 0 amide bonds. The monoisotopic (exact) mass is 242 g/mol. The maximum Gasteiger partial charge on any atom is 0.127 e. The number of rotatable bonds is 5. The summed E-state index contributed by atoms with van der Waals surface area (Å²) in [7, 11) is 0. The summed E-state index contributed by atoms with van der Waals surface area (Å²) in [5.74, 6) is 2.47. The summed E-state index contributed by atoms with van der Waals surface area (Å²) >= 11 is 0. The van der Waals surface area contributed by atoms with Crippen LogP contribution in [0.4, 0.5) is 0 Å². The third-order valence-electron chi connectivity index (χ3n) is 2.64. The number of para-hydroxylation sites is 1. The molecule has 0 radical (unpaired) electrons. The predicted octanol–water partition coefficient (Wildman–Crippen LogP) is 3.26. The predicted molar refractivity (Wildman–Crippen MR) is 68.2 cm³/mol. The molecule has 1 aliphatic heterocycles. The van der Waals surface area contributed by atoms with E-state index in [1.54, 1.807) is 0 Å². The molecular formula is C15H14O3. The molecule has 1 atom stereocenters. The van der Waals surface area contributed by atoms with Crippen molar-refractivity contribution in [1.82, 2.24) is 0 Å². The van der Waals surface area contributed by atoms with E-state index in [1.165, 1.54) is 0 Å². The maximum absolute atomic E-state index is 5.69. The van der Waals surface area contributed by atoms with Crippen LogP contribution in [0.5, 0.6) is 17.2 Å². The molecule has 1 heterocycles. The van der Waals surface area contributed by atoms with Crippen LogP contribution in [0.3, 0.4) is 0 Å². The van der Waals surface area contributed by atoms with E-state index in [1.807, 2.05) is 54.6 Å². The molecule has 92 valence electrons. The highest BCUT2D eigenvalue weighted by molar-refractivity contribution is 5.35. The fourth-order valence-electron chi connectivity index (χ4n) is 1.58. The summed E-state index contributed by atoms with van der Waals surface area (Å²) in [5.41, 5.74) is 0. The third kappa shape index (κ3) is 3.02. The van der Waals surface area contributed by atoms with Gasteiger partial charge in [-0.3, -0.25) is 0 Å². The summed E-state index contributed by atoms with van der Waals surface area (Å²) < 4.78 is 16.3. The van der Waals surface area contributed by atoms with E-state index in [2.05, 4.69) is 0 Å². The zero-order valence-electron chi connectivity index (χ0n) is 9.91. The first-order valence-electron chi connectivity index (χ1n) is 5.97. The highest BCUT2D eigenvalue weighted by Crippen LogP contribution is 2.24. The first-order chi connectivity index (χ1) is 8.90. The van der Waals surface area contributed by atoms with E-state index in [0.717, 1.165) is 23.9 Å². The van der Waals surface area contributed by atoms with Gasteiger partial charge in [0.25, 0.3) is 0 Å². The van der Waals surface area contributed by atoms with Gasteiger partial charge in [0.2, 0.25) is 0 Å². The normalized spacial score (nSPS) is 17.2. The molecular weight excluding hydrogens is 228 g/mol. The van der Waals surface area contributed by atoms with Gasteiger partial charge < -0.3 is 14.2 Å². The highest BCUT2D eigenvalue weighted by Gasteiger charge is 2.22. The van der Waals surface area contributed by atoms with Gasteiger partial charge in [0.15, 0.2) is 0 Å². The van der Waals surface area contributed by atoms with Gasteiger partial charge in [-0.2, -0.15) is 0 Å².